The topological polar surface area (TPSA) is 0 Å². The molecule has 0 atom stereocenters. The van der Waals surface area contributed by atoms with Crippen LogP contribution in [0.5, 0.6) is 0 Å². The van der Waals surface area contributed by atoms with Crippen LogP contribution in [-0.4, -0.2) is 6.98 Å². The molecule has 0 aliphatic heterocycles. The molecule has 7 heteroatoms. The fourth-order valence-corrected chi connectivity index (χ4v) is 1.30. The number of benzene rings is 1. The van der Waals surface area contributed by atoms with Crippen molar-refractivity contribution < 1.29 is 73.1 Å². The molecule has 78 valence electrons. The Morgan fingerprint density at radius 1 is 1.13 bits per heavy atom. The summed E-state index contributed by atoms with van der Waals surface area (Å²) in [5, 5.41) is 0. The first-order chi connectivity index (χ1) is 6.36. The van der Waals surface area contributed by atoms with Crippen LogP contribution in [0.1, 0.15) is 12.5 Å². The fourth-order valence-electron chi connectivity index (χ4n) is 1.30. The minimum atomic E-state index is -5.42. The molecule has 0 amide bonds. The number of halogens is 5. The van der Waals surface area contributed by atoms with Gasteiger partial charge in [-0.2, -0.15) is 0 Å². The third kappa shape index (κ3) is 3.81. The summed E-state index contributed by atoms with van der Waals surface area (Å²) in [7, 11) is 0. The normalized spacial score (nSPS) is 11.1. The zero-order chi connectivity index (χ0) is 10.9. The first kappa shape index (κ1) is 15.6. The molecule has 0 aromatic heterocycles. The third-order valence-corrected chi connectivity index (χ3v) is 1.89. The average Bonchev–Trinajstić information content (AvgIpc) is 1.99. The Hall–Kier alpha value is 0.571. The van der Waals surface area contributed by atoms with Crippen LogP contribution in [-0.2, 0) is 6.42 Å². The third-order valence-electron chi connectivity index (χ3n) is 1.89. The molecule has 0 unspecified atom stereocenters. The minimum Gasteiger partial charge on any atom is -0.445 e. The molecule has 0 saturated heterocycles. The minimum absolute atomic E-state index is 0. The molecule has 0 N–H and O–H groups in total. The Labute approximate surface area is 127 Å². The zero-order valence-electron chi connectivity index (χ0n) is 8.33. The van der Waals surface area contributed by atoms with E-state index in [0.29, 0.717) is 6.07 Å². The second kappa shape index (κ2) is 5.77. The van der Waals surface area contributed by atoms with E-state index in [0.717, 1.165) is 0 Å². The van der Waals surface area contributed by atoms with Gasteiger partial charge in [0.15, 0.2) is 0 Å². The molecule has 0 aliphatic carbocycles. The molecule has 0 nitrogen and oxygen atoms in total. The molecule has 0 aliphatic rings. The molecule has 1 rings (SSSR count). The SMILES string of the molecule is CCc1cc(F)cc(F)c1[B-](F)(F)F.[K+]. The molecule has 1 aromatic carbocycles. The van der Waals surface area contributed by atoms with Gasteiger partial charge in [-0.3, -0.25) is 0 Å². The van der Waals surface area contributed by atoms with Crippen molar-refractivity contribution in [2.45, 2.75) is 13.3 Å². The molecule has 15 heavy (non-hydrogen) atoms. The summed E-state index contributed by atoms with van der Waals surface area (Å²) in [5.41, 5.74) is -1.65. The Kier molecular flexibility index (Phi) is 5.99. The monoisotopic (exact) mass is 248 g/mol. The zero-order valence-corrected chi connectivity index (χ0v) is 11.5. The second-order valence-corrected chi connectivity index (χ2v) is 2.89. The van der Waals surface area contributed by atoms with Crippen molar-refractivity contribution in [1.82, 2.24) is 0 Å². The van der Waals surface area contributed by atoms with Crippen LogP contribution < -0.4 is 56.8 Å². The van der Waals surface area contributed by atoms with Gasteiger partial charge in [0.05, 0.1) is 5.82 Å². The van der Waals surface area contributed by atoms with Crippen molar-refractivity contribution in [3.05, 3.63) is 29.3 Å². The van der Waals surface area contributed by atoms with Gasteiger partial charge in [0.1, 0.15) is 5.82 Å². The van der Waals surface area contributed by atoms with Crippen molar-refractivity contribution >= 4 is 12.4 Å². The molecule has 0 fully saturated rings. The summed E-state index contributed by atoms with van der Waals surface area (Å²) in [5.74, 6) is -2.52. The molecular formula is C8H7BF5K. The molecule has 0 bridgehead atoms. The maximum absolute atomic E-state index is 12.8. The molecule has 0 heterocycles. The number of aryl methyl sites for hydroxylation is 1. The van der Waals surface area contributed by atoms with Gasteiger partial charge in [0.25, 0.3) is 0 Å². The summed E-state index contributed by atoms with van der Waals surface area (Å²) in [6.07, 6.45) is -0.0503. The van der Waals surface area contributed by atoms with E-state index in [-0.39, 0.29) is 69.4 Å². The summed E-state index contributed by atoms with van der Waals surface area (Å²) >= 11 is 0. The van der Waals surface area contributed by atoms with Gasteiger partial charge in [-0.05, 0) is 12.5 Å². The smallest absolute Gasteiger partial charge is 0.445 e. The maximum Gasteiger partial charge on any atom is 1.00 e. The molecular weight excluding hydrogens is 241 g/mol. The van der Waals surface area contributed by atoms with Crippen molar-refractivity contribution in [2.24, 2.45) is 0 Å². The molecule has 0 spiro atoms. The van der Waals surface area contributed by atoms with E-state index in [4.69, 9.17) is 0 Å². The maximum atomic E-state index is 12.8. The van der Waals surface area contributed by atoms with Gasteiger partial charge < -0.3 is 12.9 Å². The first-order valence-electron chi connectivity index (χ1n) is 4.04. The van der Waals surface area contributed by atoms with Gasteiger partial charge in [0, 0.05) is 6.07 Å². The van der Waals surface area contributed by atoms with Gasteiger partial charge >= 0.3 is 58.4 Å². The Bertz CT molecular complexity index is 350. The molecule has 1 aromatic rings. The summed E-state index contributed by atoms with van der Waals surface area (Å²) in [6.45, 7) is -4.00. The van der Waals surface area contributed by atoms with E-state index in [9.17, 15) is 21.7 Å². The van der Waals surface area contributed by atoms with Crippen molar-refractivity contribution in [3.8, 4) is 0 Å². The summed E-state index contributed by atoms with van der Waals surface area (Å²) < 4.78 is 62.4. The first-order valence-corrected chi connectivity index (χ1v) is 4.04. The van der Waals surface area contributed by atoms with Crippen molar-refractivity contribution in [1.29, 1.82) is 0 Å². The van der Waals surface area contributed by atoms with Crippen LogP contribution in [0, 0.1) is 11.6 Å². The van der Waals surface area contributed by atoms with Crippen LogP contribution in [0.2, 0.25) is 0 Å². The quantitative estimate of drug-likeness (QED) is 0.493. The van der Waals surface area contributed by atoms with E-state index in [1.54, 1.807) is 0 Å². The number of hydrogen-bond acceptors (Lipinski definition) is 0. The largest absolute Gasteiger partial charge is 1.00 e. The second-order valence-electron chi connectivity index (χ2n) is 2.89. The Morgan fingerprint density at radius 2 is 1.67 bits per heavy atom. The predicted molar refractivity (Wildman–Crippen MR) is 44.4 cm³/mol. The van der Waals surface area contributed by atoms with E-state index >= 15 is 0 Å². The number of hydrogen-bond donors (Lipinski definition) is 0. The van der Waals surface area contributed by atoms with Gasteiger partial charge in [-0.25, -0.2) is 8.78 Å². The van der Waals surface area contributed by atoms with Crippen LogP contribution in [0.3, 0.4) is 0 Å². The van der Waals surface area contributed by atoms with Crippen LogP contribution in [0.15, 0.2) is 12.1 Å². The summed E-state index contributed by atoms with van der Waals surface area (Å²) in [4.78, 5) is 0. The van der Waals surface area contributed by atoms with E-state index in [1.165, 1.54) is 6.92 Å². The predicted octanol–water partition coefficient (Wildman–Crippen LogP) is -0.414. The molecule has 0 saturated carbocycles. The van der Waals surface area contributed by atoms with Crippen molar-refractivity contribution in [3.63, 3.8) is 0 Å². The Morgan fingerprint density at radius 3 is 2.07 bits per heavy atom. The number of rotatable bonds is 2. The Balaban J connectivity index is 0.00000196. The van der Waals surface area contributed by atoms with Gasteiger partial charge in [-0.15, -0.1) is 0 Å². The van der Waals surface area contributed by atoms with Crippen molar-refractivity contribution in [2.75, 3.05) is 0 Å². The van der Waals surface area contributed by atoms with Crippen LogP contribution in [0.25, 0.3) is 0 Å². The van der Waals surface area contributed by atoms with E-state index in [2.05, 4.69) is 0 Å². The standard InChI is InChI=1S/C8H7BF5.K/c1-2-5-3-6(10)4-7(11)8(5)9(12,13)14;/h3-4H,2H2,1H3;/q-1;+1. The van der Waals surface area contributed by atoms with Crippen LogP contribution in [0.4, 0.5) is 21.7 Å². The van der Waals surface area contributed by atoms with E-state index < -0.39 is 24.1 Å². The van der Waals surface area contributed by atoms with Crippen LogP contribution >= 0.6 is 0 Å². The van der Waals surface area contributed by atoms with E-state index in [1.807, 2.05) is 0 Å². The average molecular weight is 248 g/mol. The summed E-state index contributed by atoms with van der Waals surface area (Å²) in [6, 6.07) is 0.970. The fraction of sp³-hybridized carbons (Fsp3) is 0.250. The van der Waals surface area contributed by atoms with Gasteiger partial charge in [-0.1, -0.05) is 17.9 Å². The van der Waals surface area contributed by atoms with Gasteiger partial charge in [0.2, 0.25) is 0 Å². The molecule has 0 radical (unpaired) electrons.